The van der Waals surface area contributed by atoms with Gasteiger partial charge in [0.25, 0.3) is 0 Å². The van der Waals surface area contributed by atoms with Gasteiger partial charge >= 0.3 is 12.0 Å². The van der Waals surface area contributed by atoms with Crippen LogP contribution in [0.5, 0.6) is 12.0 Å². The smallest absolute Gasteiger partial charge is 0.321 e. The highest BCUT2D eigenvalue weighted by Gasteiger charge is 2.05. The molecule has 0 aliphatic rings. The van der Waals surface area contributed by atoms with Crippen molar-refractivity contribution in [3.8, 4) is 12.0 Å². The van der Waals surface area contributed by atoms with E-state index in [-0.39, 0.29) is 12.0 Å². The largest absolute Gasteiger partial charge is 0.467 e. The summed E-state index contributed by atoms with van der Waals surface area (Å²) >= 11 is 6.45. The molecule has 0 amide bonds. The molecule has 2 N–H and O–H groups in total. The summed E-state index contributed by atoms with van der Waals surface area (Å²) in [7, 11) is 3.04. The summed E-state index contributed by atoms with van der Waals surface area (Å²) in [6, 6.07) is 0.559. The van der Waals surface area contributed by atoms with Crippen molar-refractivity contribution >= 4 is 43.8 Å². The average Bonchev–Trinajstić information content (AvgIpc) is 2.62. The van der Waals surface area contributed by atoms with E-state index in [4.69, 9.17) is 9.47 Å². The number of nitrogens with one attached hydrogen (secondary N) is 2. The number of anilines is 2. The van der Waals surface area contributed by atoms with Gasteiger partial charge in [0.15, 0.2) is 0 Å². The fourth-order valence-electron chi connectivity index (χ4n) is 2.01. The number of aromatic nitrogens is 6. The first kappa shape index (κ1) is 20.5. The Balaban J connectivity index is 1.58. The van der Waals surface area contributed by atoms with E-state index in [0.29, 0.717) is 21.4 Å². The van der Waals surface area contributed by atoms with Gasteiger partial charge in [0.05, 0.1) is 14.2 Å². The molecule has 2 aromatic rings. The maximum atomic E-state index is 5.00. The fraction of sp³-hybridized carbons (Fsp3) is 0.571. The third-order valence-corrected chi connectivity index (χ3v) is 3.92. The lowest BCUT2D eigenvalue weighted by Gasteiger charge is -2.07. The molecule has 2 aromatic heterocycles. The summed E-state index contributed by atoms with van der Waals surface area (Å²) in [4.78, 5) is 24.5. The zero-order valence-corrected chi connectivity index (χ0v) is 17.7. The van der Waals surface area contributed by atoms with Crippen molar-refractivity contribution in [1.82, 2.24) is 29.9 Å². The van der Waals surface area contributed by atoms with Crippen molar-refractivity contribution in [2.45, 2.75) is 25.7 Å². The van der Waals surface area contributed by atoms with Gasteiger partial charge in [0, 0.05) is 13.1 Å². The molecule has 142 valence electrons. The molecule has 0 aromatic carbocycles. The topological polar surface area (TPSA) is 120 Å². The number of hydrogen-bond donors (Lipinski definition) is 2. The standard InChI is InChI=1S/C14H20Br2N8O2/c1-25-13-21-9(15)19-11(23-13)17-7-5-3-4-6-8-18-12-20-10(16)22-14(24-12)26-2/h3-8H2,1-2H3,(H,17,19,21,23)(H,18,20,22,24). The molecule has 0 saturated carbocycles. The van der Waals surface area contributed by atoms with Crippen LogP contribution in [0.25, 0.3) is 0 Å². The molecule has 0 fully saturated rings. The van der Waals surface area contributed by atoms with Gasteiger partial charge in [0.1, 0.15) is 0 Å². The highest BCUT2D eigenvalue weighted by atomic mass is 79.9. The third-order valence-electron chi connectivity index (χ3n) is 3.21. The molecule has 0 aliphatic carbocycles. The zero-order valence-electron chi connectivity index (χ0n) is 14.5. The predicted octanol–water partition coefficient (Wildman–Crippen LogP) is 2.68. The summed E-state index contributed by atoms with van der Waals surface area (Å²) < 4.78 is 10.9. The van der Waals surface area contributed by atoms with Crippen LogP contribution >= 0.6 is 31.9 Å². The second-order valence-corrected chi connectivity index (χ2v) is 6.52. The van der Waals surface area contributed by atoms with Gasteiger partial charge in [-0.25, -0.2) is 0 Å². The maximum absolute atomic E-state index is 5.00. The quantitative estimate of drug-likeness (QED) is 0.453. The monoisotopic (exact) mass is 490 g/mol. The van der Waals surface area contributed by atoms with Crippen LogP contribution in [0, 0.1) is 0 Å². The number of unbranched alkanes of at least 4 members (excludes halogenated alkanes) is 3. The van der Waals surface area contributed by atoms with Crippen LogP contribution in [0.1, 0.15) is 25.7 Å². The first-order valence-electron chi connectivity index (χ1n) is 7.99. The van der Waals surface area contributed by atoms with Gasteiger partial charge in [-0.05, 0) is 44.7 Å². The van der Waals surface area contributed by atoms with Crippen LogP contribution in [-0.2, 0) is 0 Å². The van der Waals surface area contributed by atoms with Gasteiger partial charge in [0.2, 0.25) is 21.4 Å². The van der Waals surface area contributed by atoms with E-state index in [2.05, 4.69) is 72.4 Å². The highest BCUT2D eigenvalue weighted by Crippen LogP contribution is 2.13. The minimum absolute atomic E-state index is 0.280. The summed E-state index contributed by atoms with van der Waals surface area (Å²) in [5, 5.41) is 6.32. The molecule has 0 atom stereocenters. The first-order valence-corrected chi connectivity index (χ1v) is 9.58. The molecule has 0 aliphatic heterocycles. The maximum Gasteiger partial charge on any atom is 0.321 e. The number of hydrogen-bond acceptors (Lipinski definition) is 10. The van der Waals surface area contributed by atoms with E-state index in [9.17, 15) is 0 Å². The molecule has 26 heavy (non-hydrogen) atoms. The van der Waals surface area contributed by atoms with Crippen molar-refractivity contribution in [3.05, 3.63) is 9.47 Å². The fourth-order valence-corrected chi connectivity index (χ4v) is 2.65. The number of halogens is 2. The van der Waals surface area contributed by atoms with Crippen LogP contribution in [0.2, 0.25) is 0 Å². The van der Waals surface area contributed by atoms with Crippen molar-refractivity contribution in [2.75, 3.05) is 37.9 Å². The number of ether oxygens (including phenoxy) is 2. The van der Waals surface area contributed by atoms with Gasteiger partial charge in [-0.3, -0.25) is 0 Å². The van der Waals surface area contributed by atoms with E-state index in [1.165, 1.54) is 14.2 Å². The van der Waals surface area contributed by atoms with Crippen molar-refractivity contribution < 1.29 is 9.47 Å². The van der Waals surface area contributed by atoms with Crippen molar-refractivity contribution in [2.24, 2.45) is 0 Å². The molecule has 2 rings (SSSR count). The summed E-state index contributed by atoms with van der Waals surface area (Å²) in [6.45, 7) is 1.56. The number of nitrogens with zero attached hydrogens (tertiary/aromatic N) is 6. The van der Waals surface area contributed by atoms with E-state index in [1.807, 2.05) is 0 Å². The second kappa shape index (κ2) is 11.0. The zero-order chi connectivity index (χ0) is 18.8. The van der Waals surface area contributed by atoms with E-state index in [1.54, 1.807) is 0 Å². The Morgan fingerprint density at radius 1 is 0.654 bits per heavy atom. The SMILES string of the molecule is COc1nc(Br)nc(NCCCCCCNc2nc(Br)nc(OC)n2)n1. The average molecular weight is 492 g/mol. The summed E-state index contributed by atoms with van der Waals surface area (Å²) in [5.41, 5.74) is 0. The summed E-state index contributed by atoms with van der Waals surface area (Å²) in [6.07, 6.45) is 4.19. The van der Waals surface area contributed by atoms with Gasteiger partial charge in [-0.15, -0.1) is 0 Å². The number of methoxy groups -OCH3 is 2. The molecule has 12 heteroatoms. The lowest BCUT2D eigenvalue weighted by Crippen LogP contribution is -2.09. The van der Waals surface area contributed by atoms with Gasteiger partial charge in [-0.1, -0.05) is 12.8 Å². The van der Waals surface area contributed by atoms with Crippen LogP contribution in [0.3, 0.4) is 0 Å². The normalized spacial score (nSPS) is 10.5. The lowest BCUT2D eigenvalue weighted by molar-refractivity contribution is 0.377. The van der Waals surface area contributed by atoms with E-state index < -0.39 is 0 Å². The minimum atomic E-state index is 0.280. The minimum Gasteiger partial charge on any atom is -0.467 e. The van der Waals surface area contributed by atoms with Crippen LogP contribution < -0.4 is 20.1 Å². The Morgan fingerprint density at radius 2 is 1.08 bits per heavy atom. The Kier molecular flexibility index (Phi) is 8.68. The van der Waals surface area contributed by atoms with Crippen molar-refractivity contribution in [3.63, 3.8) is 0 Å². The third kappa shape index (κ3) is 7.20. The molecule has 0 saturated heterocycles. The Hall–Kier alpha value is -1.82. The highest BCUT2D eigenvalue weighted by molar-refractivity contribution is 9.10. The van der Waals surface area contributed by atoms with Crippen molar-refractivity contribution in [1.29, 1.82) is 0 Å². The van der Waals surface area contributed by atoms with E-state index >= 15 is 0 Å². The van der Waals surface area contributed by atoms with Gasteiger partial charge < -0.3 is 20.1 Å². The van der Waals surface area contributed by atoms with E-state index in [0.717, 1.165) is 38.8 Å². The number of rotatable bonds is 11. The van der Waals surface area contributed by atoms with Crippen LogP contribution in [0.15, 0.2) is 9.47 Å². The molecule has 0 spiro atoms. The van der Waals surface area contributed by atoms with Crippen LogP contribution in [0.4, 0.5) is 11.9 Å². The molecule has 2 heterocycles. The molecular formula is C14H20Br2N8O2. The predicted molar refractivity (Wildman–Crippen MR) is 104 cm³/mol. The Labute approximate surface area is 168 Å². The molecule has 10 nitrogen and oxygen atoms in total. The Bertz CT molecular complexity index is 647. The lowest BCUT2D eigenvalue weighted by atomic mass is 10.2. The molecular weight excluding hydrogens is 472 g/mol. The van der Waals surface area contributed by atoms with Gasteiger partial charge in [-0.2, -0.15) is 29.9 Å². The molecule has 0 radical (unpaired) electrons. The summed E-state index contributed by atoms with van der Waals surface area (Å²) in [5.74, 6) is 1.000. The Morgan fingerprint density at radius 3 is 1.46 bits per heavy atom. The molecule has 0 bridgehead atoms. The molecule has 0 unspecified atom stereocenters. The second-order valence-electron chi connectivity index (χ2n) is 5.10. The van der Waals surface area contributed by atoms with Crippen LogP contribution in [-0.4, -0.2) is 57.2 Å². The first-order chi connectivity index (χ1) is 12.6.